The highest BCUT2D eigenvalue weighted by molar-refractivity contribution is 5.42. The lowest BCUT2D eigenvalue weighted by Gasteiger charge is -2.26. The zero-order valence-electron chi connectivity index (χ0n) is 13.7. The number of rotatable bonds is 5. The second kappa shape index (κ2) is 7.19. The highest BCUT2D eigenvalue weighted by atomic mass is 16.7. The Morgan fingerprint density at radius 3 is 2.04 bits per heavy atom. The summed E-state index contributed by atoms with van der Waals surface area (Å²) >= 11 is 0. The van der Waals surface area contributed by atoms with Crippen LogP contribution in [-0.4, -0.2) is 6.61 Å². The molecule has 0 atom stereocenters. The Morgan fingerprint density at radius 2 is 1.52 bits per heavy atom. The minimum atomic E-state index is 0.142. The molecule has 2 nitrogen and oxygen atoms in total. The van der Waals surface area contributed by atoms with Crippen molar-refractivity contribution in [2.24, 2.45) is 0 Å². The van der Waals surface area contributed by atoms with Gasteiger partial charge in [-0.3, -0.25) is 0 Å². The molecule has 0 saturated heterocycles. The van der Waals surface area contributed by atoms with Gasteiger partial charge >= 0.3 is 0 Å². The van der Waals surface area contributed by atoms with Crippen LogP contribution < -0.4 is 0 Å². The van der Waals surface area contributed by atoms with Crippen molar-refractivity contribution >= 4 is 0 Å². The normalized spacial score (nSPS) is 14.5. The molecule has 0 aromatic heterocycles. The fourth-order valence-electron chi connectivity index (χ4n) is 2.97. The molecule has 118 valence electrons. The van der Waals surface area contributed by atoms with Gasteiger partial charge in [0.15, 0.2) is 0 Å². The molecule has 0 N–H and O–H groups in total. The van der Waals surface area contributed by atoms with E-state index in [0.717, 1.165) is 12.2 Å². The summed E-state index contributed by atoms with van der Waals surface area (Å²) in [6.45, 7) is 4.56. The van der Waals surface area contributed by atoms with Gasteiger partial charge in [-0.25, -0.2) is 0 Å². The van der Waals surface area contributed by atoms with E-state index >= 15 is 0 Å². The third-order valence-corrected chi connectivity index (χ3v) is 4.02. The van der Waals surface area contributed by atoms with Crippen molar-refractivity contribution in [3.8, 4) is 0 Å². The third kappa shape index (κ3) is 3.48. The molecule has 0 saturated carbocycles. The van der Waals surface area contributed by atoms with Gasteiger partial charge in [0.05, 0.1) is 6.61 Å². The van der Waals surface area contributed by atoms with E-state index in [-0.39, 0.29) is 5.92 Å². The van der Waals surface area contributed by atoms with Crippen molar-refractivity contribution in [3.63, 3.8) is 0 Å². The standard InChI is InChI=1S/C21H22O2/c1-3-22-21-19(15-14-16(2)23-21)20(17-10-6-4-7-11-17)18-12-8-5-9-13-18/h4-14,20H,3,15H2,1-2H3. The van der Waals surface area contributed by atoms with Gasteiger partial charge in [0.2, 0.25) is 0 Å². The van der Waals surface area contributed by atoms with Crippen molar-refractivity contribution in [2.75, 3.05) is 6.61 Å². The molecule has 0 radical (unpaired) electrons. The summed E-state index contributed by atoms with van der Waals surface area (Å²) in [6.07, 6.45) is 2.96. The Kier molecular flexibility index (Phi) is 4.82. The zero-order chi connectivity index (χ0) is 16.1. The molecule has 1 aliphatic rings. The van der Waals surface area contributed by atoms with E-state index < -0.39 is 0 Å². The van der Waals surface area contributed by atoms with Crippen LogP contribution >= 0.6 is 0 Å². The first-order chi connectivity index (χ1) is 11.3. The van der Waals surface area contributed by atoms with E-state index in [2.05, 4.69) is 54.6 Å². The molecule has 0 unspecified atom stereocenters. The van der Waals surface area contributed by atoms with Crippen LogP contribution in [0.2, 0.25) is 0 Å². The Morgan fingerprint density at radius 1 is 0.957 bits per heavy atom. The van der Waals surface area contributed by atoms with Crippen molar-refractivity contribution in [1.82, 2.24) is 0 Å². The van der Waals surface area contributed by atoms with Crippen LogP contribution in [0.3, 0.4) is 0 Å². The first-order valence-electron chi connectivity index (χ1n) is 8.10. The molecule has 3 rings (SSSR count). The molecule has 0 fully saturated rings. The predicted molar refractivity (Wildman–Crippen MR) is 92.8 cm³/mol. The number of ether oxygens (including phenoxy) is 2. The van der Waals surface area contributed by atoms with Gasteiger partial charge in [-0.2, -0.15) is 0 Å². The second-order valence-electron chi connectivity index (χ2n) is 5.62. The molecular formula is C21H22O2. The summed E-state index contributed by atoms with van der Waals surface area (Å²) in [5, 5.41) is 0. The lowest BCUT2D eigenvalue weighted by molar-refractivity contribution is 0.0666. The molecule has 1 heterocycles. The predicted octanol–water partition coefficient (Wildman–Crippen LogP) is 5.39. The first kappa shape index (κ1) is 15.4. The lowest BCUT2D eigenvalue weighted by Crippen LogP contribution is -2.13. The SMILES string of the molecule is CCOC1=C(C(c2ccccc2)c2ccccc2)CC=C(C)O1. The molecule has 23 heavy (non-hydrogen) atoms. The van der Waals surface area contributed by atoms with Crippen LogP contribution in [0.4, 0.5) is 0 Å². The smallest absolute Gasteiger partial charge is 0.284 e. The Balaban J connectivity index is 2.09. The maximum Gasteiger partial charge on any atom is 0.284 e. The van der Waals surface area contributed by atoms with Crippen LogP contribution in [0.1, 0.15) is 37.3 Å². The quantitative estimate of drug-likeness (QED) is 0.737. The number of allylic oxidation sites excluding steroid dienone is 3. The van der Waals surface area contributed by atoms with Crippen LogP contribution in [0.25, 0.3) is 0 Å². The summed E-state index contributed by atoms with van der Waals surface area (Å²) in [5.74, 6) is 1.70. The molecule has 2 heteroatoms. The van der Waals surface area contributed by atoms with Crippen LogP contribution in [-0.2, 0) is 9.47 Å². The minimum absolute atomic E-state index is 0.142. The molecule has 0 aliphatic carbocycles. The lowest BCUT2D eigenvalue weighted by atomic mass is 9.83. The van der Waals surface area contributed by atoms with Gasteiger partial charge in [-0.1, -0.05) is 60.7 Å². The summed E-state index contributed by atoms with van der Waals surface area (Å²) in [4.78, 5) is 0. The van der Waals surface area contributed by atoms with E-state index in [9.17, 15) is 0 Å². The van der Waals surface area contributed by atoms with Gasteiger partial charge in [-0.15, -0.1) is 0 Å². The maximum atomic E-state index is 5.88. The van der Waals surface area contributed by atoms with Crippen molar-refractivity contribution in [2.45, 2.75) is 26.2 Å². The average Bonchev–Trinajstić information content (AvgIpc) is 2.59. The van der Waals surface area contributed by atoms with Gasteiger partial charge < -0.3 is 9.47 Å². The Labute approximate surface area is 138 Å². The Bertz CT molecular complexity index is 660. The fourth-order valence-corrected chi connectivity index (χ4v) is 2.97. The van der Waals surface area contributed by atoms with E-state index in [1.54, 1.807) is 0 Å². The van der Waals surface area contributed by atoms with E-state index in [1.165, 1.54) is 16.7 Å². The summed E-state index contributed by atoms with van der Waals surface area (Å²) in [5.41, 5.74) is 3.68. The van der Waals surface area contributed by atoms with E-state index in [1.807, 2.05) is 26.0 Å². The third-order valence-electron chi connectivity index (χ3n) is 4.02. The summed E-state index contributed by atoms with van der Waals surface area (Å²) in [6, 6.07) is 21.1. The van der Waals surface area contributed by atoms with Crippen molar-refractivity contribution in [3.05, 3.63) is 95.1 Å². The molecule has 0 bridgehead atoms. The topological polar surface area (TPSA) is 18.5 Å². The van der Waals surface area contributed by atoms with Crippen molar-refractivity contribution in [1.29, 1.82) is 0 Å². The van der Waals surface area contributed by atoms with Crippen LogP contribution in [0.5, 0.6) is 0 Å². The molecule has 0 spiro atoms. The summed E-state index contributed by atoms with van der Waals surface area (Å²) in [7, 11) is 0. The van der Waals surface area contributed by atoms with Crippen molar-refractivity contribution < 1.29 is 9.47 Å². The first-order valence-corrected chi connectivity index (χ1v) is 8.10. The molecule has 2 aromatic rings. The largest absolute Gasteiger partial charge is 0.465 e. The van der Waals surface area contributed by atoms with Crippen LogP contribution in [0, 0.1) is 0 Å². The van der Waals surface area contributed by atoms with E-state index in [4.69, 9.17) is 9.47 Å². The highest BCUT2D eigenvalue weighted by Crippen LogP contribution is 2.38. The molecule has 0 amide bonds. The van der Waals surface area contributed by atoms with Gasteiger partial charge in [0.25, 0.3) is 5.95 Å². The van der Waals surface area contributed by atoms with E-state index in [0.29, 0.717) is 12.6 Å². The fraction of sp³-hybridized carbons (Fsp3) is 0.238. The number of benzene rings is 2. The monoisotopic (exact) mass is 306 g/mol. The molecular weight excluding hydrogens is 284 g/mol. The van der Waals surface area contributed by atoms with Gasteiger partial charge in [-0.05, 0) is 37.5 Å². The maximum absolute atomic E-state index is 5.88. The number of hydrogen-bond donors (Lipinski definition) is 0. The summed E-state index contributed by atoms with van der Waals surface area (Å²) < 4.78 is 11.7. The minimum Gasteiger partial charge on any atom is -0.465 e. The number of hydrogen-bond acceptors (Lipinski definition) is 2. The Hall–Kier alpha value is -2.48. The average molecular weight is 306 g/mol. The van der Waals surface area contributed by atoms with Gasteiger partial charge in [0, 0.05) is 11.5 Å². The second-order valence-corrected chi connectivity index (χ2v) is 5.62. The molecule has 2 aromatic carbocycles. The van der Waals surface area contributed by atoms with Gasteiger partial charge in [0.1, 0.15) is 5.76 Å². The van der Waals surface area contributed by atoms with Crippen LogP contribution in [0.15, 0.2) is 84.0 Å². The zero-order valence-corrected chi connectivity index (χ0v) is 13.7. The highest BCUT2D eigenvalue weighted by Gasteiger charge is 2.26. The molecule has 1 aliphatic heterocycles.